The van der Waals surface area contributed by atoms with Crippen molar-refractivity contribution in [1.29, 1.82) is 0 Å². The van der Waals surface area contributed by atoms with Gasteiger partial charge in [0.25, 0.3) is 0 Å². The second kappa shape index (κ2) is 11.5. The maximum absolute atomic E-state index is 13.2. The summed E-state index contributed by atoms with van der Waals surface area (Å²) in [5.74, 6) is 0.967. The summed E-state index contributed by atoms with van der Waals surface area (Å²) in [5.41, 5.74) is 1.40. The van der Waals surface area contributed by atoms with Gasteiger partial charge < -0.3 is 20.9 Å². The van der Waals surface area contributed by atoms with Gasteiger partial charge in [-0.2, -0.15) is 0 Å². The lowest BCUT2D eigenvalue weighted by atomic mass is 9.90. The van der Waals surface area contributed by atoms with E-state index in [0.717, 1.165) is 68.7 Å². The van der Waals surface area contributed by atoms with Gasteiger partial charge in [-0.3, -0.25) is 9.59 Å². The number of carbonyl (C=O) groups excluding carboxylic acids is 2. The average molecular weight is 476 g/mol. The Balaban J connectivity index is 1.51. The molecule has 3 aromatic rings. The Hall–Kier alpha value is -3.19. The van der Waals surface area contributed by atoms with Gasteiger partial charge in [-0.1, -0.05) is 49.2 Å². The van der Waals surface area contributed by atoms with Crippen molar-refractivity contribution in [2.45, 2.75) is 57.4 Å². The lowest BCUT2D eigenvalue weighted by Crippen LogP contribution is -2.48. The number of nitrogens with zero attached hydrogens (tertiary/aromatic N) is 1. The van der Waals surface area contributed by atoms with Gasteiger partial charge in [0, 0.05) is 24.9 Å². The highest BCUT2D eigenvalue weighted by molar-refractivity contribution is 5.86. The highest BCUT2D eigenvalue weighted by Crippen LogP contribution is 2.30. The molecule has 2 heterocycles. The molecule has 0 spiro atoms. The van der Waals surface area contributed by atoms with Crippen molar-refractivity contribution < 1.29 is 9.59 Å². The van der Waals surface area contributed by atoms with Gasteiger partial charge >= 0.3 is 0 Å². The SMILES string of the molecule is CNC(=O)CCCCC[C@](C)(NC(=O)C1CCNCC1)c1ncc(-c2ccc3ccccc3c2)[nH]1. The van der Waals surface area contributed by atoms with E-state index in [1.54, 1.807) is 7.05 Å². The summed E-state index contributed by atoms with van der Waals surface area (Å²) in [5, 5.41) is 11.7. The zero-order chi connectivity index (χ0) is 24.7. The summed E-state index contributed by atoms with van der Waals surface area (Å²) < 4.78 is 0. The van der Waals surface area contributed by atoms with E-state index >= 15 is 0 Å². The Morgan fingerprint density at radius 2 is 1.83 bits per heavy atom. The van der Waals surface area contributed by atoms with E-state index in [-0.39, 0.29) is 17.7 Å². The highest BCUT2D eigenvalue weighted by atomic mass is 16.2. The number of hydrogen-bond donors (Lipinski definition) is 4. The smallest absolute Gasteiger partial charge is 0.223 e. The van der Waals surface area contributed by atoms with Crippen molar-refractivity contribution in [3.63, 3.8) is 0 Å². The summed E-state index contributed by atoms with van der Waals surface area (Å²) >= 11 is 0. The Morgan fingerprint density at radius 3 is 2.60 bits per heavy atom. The molecule has 7 nitrogen and oxygen atoms in total. The Labute approximate surface area is 207 Å². The first-order valence-corrected chi connectivity index (χ1v) is 12.8. The van der Waals surface area contributed by atoms with Gasteiger partial charge in [0.2, 0.25) is 11.8 Å². The standard InChI is InChI=1S/C28H37N5O2/c1-28(15-7-3-4-10-25(34)29-2,33-26(35)21-13-16-30-17-14-21)27-31-19-24(32-27)23-12-11-20-8-5-6-9-22(20)18-23/h5-6,8-9,11-12,18-19,21,30H,3-4,7,10,13-17H2,1-2H3,(H,29,34)(H,31,32)(H,33,35)/t28-/m0/s1. The maximum atomic E-state index is 13.2. The number of carbonyl (C=O) groups is 2. The molecule has 1 fully saturated rings. The average Bonchev–Trinajstić information content (AvgIpc) is 3.40. The first kappa shape index (κ1) is 24.9. The topological polar surface area (TPSA) is 98.9 Å². The Kier molecular flexibility index (Phi) is 8.18. The number of rotatable bonds is 10. The van der Waals surface area contributed by atoms with Crippen LogP contribution in [0.5, 0.6) is 0 Å². The van der Waals surface area contributed by atoms with E-state index < -0.39 is 5.54 Å². The van der Waals surface area contributed by atoms with Gasteiger partial charge in [-0.15, -0.1) is 0 Å². The minimum atomic E-state index is -0.607. The van der Waals surface area contributed by atoms with Crippen molar-refractivity contribution in [2.24, 2.45) is 5.92 Å². The molecular weight excluding hydrogens is 438 g/mol. The third kappa shape index (κ3) is 6.28. The number of imidazole rings is 1. The molecule has 4 N–H and O–H groups in total. The minimum absolute atomic E-state index is 0.0266. The number of aromatic amines is 1. The molecule has 1 aliphatic heterocycles. The van der Waals surface area contributed by atoms with Crippen LogP contribution in [0.4, 0.5) is 0 Å². The molecule has 0 bridgehead atoms. The Bertz CT molecular complexity index is 1150. The lowest BCUT2D eigenvalue weighted by molar-refractivity contribution is -0.128. The molecule has 1 saturated heterocycles. The van der Waals surface area contributed by atoms with Crippen LogP contribution in [0.25, 0.3) is 22.0 Å². The van der Waals surface area contributed by atoms with Gasteiger partial charge in [0.15, 0.2) is 0 Å². The van der Waals surface area contributed by atoms with Crippen LogP contribution in [0.1, 0.15) is 57.7 Å². The largest absolute Gasteiger partial charge is 0.359 e. The normalized spacial score (nSPS) is 16.1. The van der Waals surface area contributed by atoms with Crippen LogP contribution in [0, 0.1) is 5.92 Å². The first-order valence-electron chi connectivity index (χ1n) is 12.8. The van der Waals surface area contributed by atoms with Crippen LogP contribution in [0.2, 0.25) is 0 Å². The van der Waals surface area contributed by atoms with Gasteiger partial charge in [-0.05, 0) is 62.5 Å². The molecule has 35 heavy (non-hydrogen) atoms. The van der Waals surface area contributed by atoms with Crippen molar-refractivity contribution in [3.05, 3.63) is 54.5 Å². The van der Waals surface area contributed by atoms with E-state index in [2.05, 4.69) is 58.2 Å². The zero-order valence-electron chi connectivity index (χ0n) is 20.8. The second-order valence-corrected chi connectivity index (χ2v) is 9.79. The van der Waals surface area contributed by atoms with Gasteiger partial charge in [0.05, 0.1) is 17.4 Å². The van der Waals surface area contributed by atoms with E-state index in [4.69, 9.17) is 4.98 Å². The lowest BCUT2D eigenvalue weighted by Gasteiger charge is -2.32. The van der Waals surface area contributed by atoms with Gasteiger partial charge in [0.1, 0.15) is 5.82 Å². The quantitative estimate of drug-likeness (QED) is 0.329. The van der Waals surface area contributed by atoms with E-state index in [1.807, 2.05) is 18.3 Å². The van der Waals surface area contributed by atoms with Crippen LogP contribution in [-0.2, 0) is 15.1 Å². The molecule has 0 radical (unpaired) electrons. The van der Waals surface area contributed by atoms with E-state index in [9.17, 15) is 9.59 Å². The molecule has 186 valence electrons. The van der Waals surface area contributed by atoms with Crippen molar-refractivity contribution in [2.75, 3.05) is 20.1 Å². The summed E-state index contributed by atoms with van der Waals surface area (Å²) in [6.07, 6.45) is 7.50. The maximum Gasteiger partial charge on any atom is 0.223 e. The fraction of sp³-hybridized carbons (Fsp3) is 0.464. The number of aromatic nitrogens is 2. The zero-order valence-corrected chi connectivity index (χ0v) is 20.8. The molecule has 0 unspecified atom stereocenters. The number of amides is 2. The number of hydrogen-bond acceptors (Lipinski definition) is 4. The number of nitrogens with one attached hydrogen (secondary N) is 4. The Morgan fingerprint density at radius 1 is 1.06 bits per heavy atom. The van der Waals surface area contributed by atoms with E-state index in [1.165, 1.54) is 10.8 Å². The van der Waals surface area contributed by atoms with E-state index in [0.29, 0.717) is 6.42 Å². The van der Waals surface area contributed by atoms with Crippen molar-refractivity contribution in [3.8, 4) is 11.3 Å². The third-order valence-corrected chi connectivity index (χ3v) is 7.13. The minimum Gasteiger partial charge on any atom is -0.359 e. The third-order valence-electron chi connectivity index (χ3n) is 7.13. The fourth-order valence-corrected chi connectivity index (χ4v) is 4.87. The molecule has 0 saturated carbocycles. The summed E-state index contributed by atoms with van der Waals surface area (Å²) in [7, 11) is 1.67. The summed E-state index contributed by atoms with van der Waals surface area (Å²) in [6, 6.07) is 14.7. The molecule has 4 rings (SSSR count). The van der Waals surface area contributed by atoms with Gasteiger partial charge in [-0.25, -0.2) is 4.98 Å². The van der Waals surface area contributed by atoms with Crippen LogP contribution in [-0.4, -0.2) is 41.9 Å². The molecule has 0 aliphatic carbocycles. The predicted molar refractivity (Wildman–Crippen MR) is 140 cm³/mol. The number of H-pyrrole nitrogens is 1. The molecule has 1 aromatic heterocycles. The van der Waals surface area contributed by atoms with Crippen molar-refractivity contribution >= 4 is 22.6 Å². The highest BCUT2D eigenvalue weighted by Gasteiger charge is 2.34. The molecule has 7 heteroatoms. The fourth-order valence-electron chi connectivity index (χ4n) is 4.87. The number of benzene rings is 2. The number of unbranched alkanes of at least 4 members (excludes halogenated alkanes) is 2. The van der Waals surface area contributed by atoms with Crippen LogP contribution < -0.4 is 16.0 Å². The first-order chi connectivity index (χ1) is 17.0. The monoisotopic (exact) mass is 475 g/mol. The van der Waals surface area contributed by atoms with Crippen molar-refractivity contribution in [1.82, 2.24) is 25.9 Å². The number of piperidine rings is 1. The molecule has 2 amide bonds. The number of fused-ring (bicyclic) bond motifs is 1. The summed E-state index contributed by atoms with van der Waals surface area (Å²) in [4.78, 5) is 33.0. The molecule has 2 aromatic carbocycles. The van der Waals surface area contributed by atoms with Crippen LogP contribution in [0.15, 0.2) is 48.7 Å². The predicted octanol–water partition coefficient (Wildman–Crippen LogP) is 4.26. The second-order valence-electron chi connectivity index (χ2n) is 9.79. The molecule has 1 aliphatic rings. The van der Waals surface area contributed by atoms with Crippen LogP contribution >= 0.6 is 0 Å². The van der Waals surface area contributed by atoms with Crippen LogP contribution in [0.3, 0.4) is 0 Å². The summed E-state index contributed by atoms with van der Waals surface area (Å²) in [6.45, 7) is 3.82. The molecular formula is C28H37N5O2. The molecule has 1 atom stereocenters.